The Labute approximate surface area is 217 Å². The fourth-order valence-electron chi connectivity index (χ4n) is 7.35. The number of nitrogens with zero attached hydrogens (tertiary/aromatic N) is 1. The van der Waals surface area contributed by atoms with Gasteiger partial charge in [0.15, 0.2) is 5.78 Å². The zero-order valence-corrected chi connectivity index (χ0v) is 20.6. The zero-order valence-electron chi connectivity index (χ0n) is 19.1. The van der Waals surface area contributed by atoms with Gasteiger partial charge in [-0.2, -0.15) is 0 Å². The second-order valence-electron chi connectivity index (χ2n) is 9.91. The minimum atomic E-state index is -1.35. The fourth-order valence-corrected chi connectivity index (χ4v) is 7.85. The Morgan fingerprint density at radius 3 is 2.31 bits per heavy atom. The standard InChI is InChI=1S/C28H21Cl2N3O3/c29-15-11-12-16(19(30)14-15)23(34)24-27(17-6-1-3-8-20(17)31-25(27)35)22-10-5-13-33(22)28(24)18-7-2-4-9-21(18)32-26(28)36/h1-4,6-9,11-12,14,22,24H,5,10,13H2,(H,31,35)(H,32,36)/t22-,24-,27-,28-/m1/s1. The molecule has 8 heteroatoms. The first-order valence-electron chi connectivity index (χ1n) is 12.0. The molecule has 0 aromatic heterocycles. The molecular weight excluding hydrogens is 497 g/mol. The van der Waals surface area contributed by atoms with E-state index in [0.29, 0.717) is 29.4 Å². The van der Waals surface area contributed by atoms with Crippen molar-refractivity contribution in [3.05, 3.63) is 93.5 Å². The number of halogens is 2. The molecule has 180 valence electrons. The highest BCUT2D eigenvalue weighted by Gasteiger charge is 2.78. The van der Waals surface area contributed by atoms with E-state index in [2.05, 4.69) is 15.5 Å². The van der Waals surface area contributed by atoms with Gasteiger partial charge in [0, 0.05) is 33.6 Å². The van der Waals surface area contributed by atoms with Crippen LogP contribution in [0.15, 0.2) is 66.7 Å². The minimum Gasteiger partial charge on any atom is -0.325 e. The molecule has 2 N–H and O–H groups in total. The maximum atomic E-state index is 14.7. The monoisotopic (exact) mass is 517 g/mol. The van der Waals surface area contributed by atoms with Gasteiger partial charge in [-0.25, -0.2) is 0 Å². The van der Waals surface area contributed by atoms with Gasteiger partial charge in [0.2, 0.25) is 11.8 Å². The van der Waals surface area contributed by atoms with Crippen LogP contribution in [0.25, 0.3) is 0 Å². The summed E-state index contributed by atoms with van der Waals surface area (Å²) in [5.41, 5.74) is 0.452. The first-order valence-corrected chi connectivity index (χ1v) is 12.7. The van der Waals surface area contributed by atoms with Crippen molar-refractivity contribution in [1.82, 2.24) is 4.90 Å². The number of rotatable bonds is 2. The van der Waals surface area contributed by atoms with E-state index in [4.69, 9.17) is 23.2 Å². The lowest BCUT2D eigenvalue weighted by molar-refractivity contribution is -0.128. The van der Waals surface area contributed by atoms with Crippen molar-refractivity contribution < 1.29 is 14.4 Å². The maximum absolute atomic E-state index is 14.7. The molecule has 4 aliphatic rings. The van der Waals surface area contributed by atoms with Gasteiger partial charge in [0.05, 0.1) is 10.9 Å². The molecule has 0 unspecified atom stereocenters. The quantitative estimate of drug-likeness (QED) is 0.468. The highest BCUT2D eigenvalue weighted by Crippen LogP contribution is 2.66. The van der Waals surface area contributed by atoms with Gasteiger partial charge in [-0.3, -0.25) is 19.3 Å². The second-order valence-corrected chi connectivity index (χ2v) is 10.8. The lowest BCUT2D eigenvalue weighted by atomic mass is 9.60. The van der Waals surface area contributed by atoms with E-state index in [9.17, 15) is 14.4 Å². The van der Waals surface area contributed by atoms with Crippen LogP contribution in [0.4, 0.5) is 11.4 Å². The SMILES string of the molecule is O=C(c1ccc(Cl)cc1Cl)[C@@H]1[C@]2(C(=O)Nc3ccccc32)[C@H]2CCCN2[C@@]12C(=O)Nc1ccccc12. The summed E-state index contributed by atoms with van der Waals surface area (Å²) in [6.07, 6.45) is 1.51. The fraction of sp³-hybridized carbons (Fsp3) is 0.250. The molecule has 3 aromatic carbocycles. The van der Waals surface area contributed by atoms with Crippen LogP contribution in [0, 0.1) is 5.92 Å². The topological polar surface area (TPSA) is 78.5 Å². The number of amides is 2. The molecular formula is C28H21Cl2N3O3. The predicted octanol–water partition coefficient (Wildman–Crippen LogP) is 5.01. The van der Waals surface area contributed by atoms with E-state index in [1.807, 2.05) is 48.5 Å². The third-order valence-corrected chi connectivity index (χ3v) is 9.04. The predicted molar refractivity (Wildman–Crippen MR) is 138 cm³/mol. The Morgan fingerprint density at radius 1 is 0.889 bits per heavy atom. The number of carbonyl (C=O) groups excluding carboxylic acids is 3. The molecule has 2 spiro atoms. The van der Waals surface area contributed by atoms with Crippen molar-refractivity contribution >= 4 is 52.2 Å². The first-order chi connectivity index (χ1) is 17.4. The normalized spacial score (nSPS) is 29.8. The van der Waals surface area contributed by atoms with Gasteiger partial charge in [0.25, 0.3) is 0 Å². The summed E-state index contributed by atoms with van der Waals surface area (Å²) in [5.74, 6) is -1.92. The van der Waals surface area contributed by atoms with Gasteiger partial charge in [-0.1, -0.05) is 59.6 Å². The molecule has 6 nitrogen and oxygen atoms in total. The second kappa shape index (κ2) is 7.42. The van der Waals surface area contributed by atoms with Gasteiger partial charge in [0.1, 0.15) is 11.0 Å². The summed E-state index contributed by atoms with van der Waals surface area (Å²) in [6, 6.07) is 19.4. The molecule has 0 bridgehead atoms. The van der Waals surface area contributed by atoms with Crippen molar-refractivity contribution in [2.75, 3.05) is 17.2 Å². The summed E-state index contributed by atoms with van der Waals surface area (Å²) in [6.45, 7) is 0.599. The summed E-state index contributed by atoms with van der Waals surface area (Å²) in [4.78, 5) is 45.2. The van der Waals surface area contributed by atoms with Crippen molar-refractivity contribution in [2.24, 2.45) is 5.92 Å². The number of Topliss-reactive ketones (excluding diaryl/α,β-unsaturated/α-hetero) is 1. The molecule has 4 aliphatic heterocycles. The van der Waals surface area contributed by atoms with E-state index in [1.165, 1.54) is 6.07 Å². The third kappa shape index (κ3) is 2.45. The van der Waals surface area contributed by atoms with E-state index < -0.39 is 16.9 Å². The number of fused-ring (bicyclic) bond motifs is 7. The van der Waals surface area contributed by atoms with Crippen LogP contribution in [-0.4, -0.2) is 35.1 Å². The van der Waals surface area contributed by atoms with Crippen LogP contribution in [0.5, 0.6) is 0 Å². The van der Waals surface area contributed by atoms with E-state index in [1.54, 1.807) is 12.1 Å². The Balaban J connectivity index is 1.59. The summed E-state index contributed by atoms with van der Waals surface area (Å²) in [7, 11) is 0. The molecule has 0 aliphatic carbocycles. The number of anilines is 2. The summed E-state index contributed by atoms with van der Waals surface area (Å²) < 4.78 is 0. The highest BCUT2D eigenvalue weighted by atomic mass is 35.5. The average molecular weight is 518 g/mol. The average Bonchev–Trinajstić information content (AvgIpc) is 3.58. The van der Waals surface area contributed by atoms with Crippen molar-refractivity contribution in [2.45, 2.75) is 29.8 Å². The number of nitrogens with one attached hydrogen (secondary N) is 2. The number of hydrogen-bond acceptors (Lipinski definition) is 4. The van der Waals surface area contributed by atoms with Gasteiger partial charge < -0.3 is 10.6 Å². The maximum Gasteiger partial charge on any atom is 0.250 e. The van der Waals surface area contributed by atoms with Crippen LogP contribution in [-0.2, 0) is 20.5 Å². The molecule has 36 heavy (non-hydrogen) atoms. The largest absolute Gasteiger partial charge is 0.325 e. The van der Waals surface area contributed by atoms with Crippen molar-refractivity contribution in [1.29, 1.82) is 0 Å². The van der Waals surface area contributed by atoms with Crippen LogP contribution >= 0.6 is 23.2 Å². The lowest BCUT2D eigenvalue weighted by Crippen LogP contribution is -2.55. The number of para-hydroxylation sites is 2. The van der Waals surface area contributed by atoms with Crippen LogP contribution in [0.3, 0.4) is 0 Å². The van der Waals surface area contributed by atoms with E-state index >= 15 is 0 Å². The molecule has 4 atom stereocenters. The van der Waals surface area contributed by atoms with Crippen molar-refractivity contribution in [3.8, 4) is 0 Å². The van der Waals surface area contributed by atoms with E-state index in [-0.39, 0.29) is 34.2 Å². The lowest BCUT2D eigenvalue weighted by Gasteiger charge is -2.38. The molecule has 0 saturated carbocycles. The Bertz CT molecular complexity index is 1430. The zero-order chi connectivity index (χ0) is 24.8. The van der Waals surface area contributed by atoms with Gasteiger partial charge >= 0.3 is 0 Å². The smallest absolute Gasteiger partial charge is 0.250 e. The Morgan fingerprint density at radius 2 is 1.56 bits per heavy atom. The Kier molecular flexibility index (Phi) is 4.54. The van der Waals surface area contributed by atoms with Gasteiger partial charge in [-0.15, -0.1) is 0 Å². The first kappa shape index (κ1) is 22.0. The minimum absolute atomic E-state index is 0.197. The van der Waals surface area contributed by atoms with Crippen LogP contribution < -0.4 is 10.6 Å². The van der Waals surface area contributed by atoms with Crippen LogP contribution in [0.1, 0.15) is 34.3 Å². The molecule has 7 rings (SSSR count). The summed E-state index contributed by atoms with van der Waals surface area (Å²) >= 11 is 12.7. The molecule has 2 saturated heterocycles. The molecule has 2 amide bonds. The number of benzene rings is 3. The highest BCUT2D eigenvalue weighted by molar-refractivity contribution is 6.37. The number of carbonyl (C=O) groups is 3. The molecule has 0 radical (unpaired) electrons. The summed E-state index contributed by atoms with van der Waals surface area (Å²) in [5, 5.41) is 6.67. The van der Waals surface area contributed by atoms with Crippen molar-refractivity contribution in [3.63, 3.8) is 0 Å². The third-order valence-electron chi connectivity index (χ3n) is 8.49. The molecule has 3 aromatic rings. The molecule has 2 fully saturated rings. The van der Waals surface area contributed by atoms with E-state index in [0.717, 1.165) is 17.5 Å². The Hall–Kier alpha value is -3.19. The van der Waals surface area contributed by atoms with Crippen LogP contribution in [0.2, 0.25) is 10.0 Å². The number of ketones is 1. The molecule has 4 heterocycles. The number of hydrogen-bond donors (Lipinski definition) is 2. The van der Waals surface area contributed by atoms with Gasteiger partial charge in [-0.05, 0) is 55.3 Å².